The number of ether oxygens (including phenoxy) is 1. The number of hydrogen-bond acceptors (Lipinski definition) is 10. The summed E-state index contributed by atoms with van der Waals surface area (Å²) in [6.07, 6.45) is 2.91. The van der Waals surface area contributed by atoms with Gasteiger partial charge in [0, 0.05) is 20.0 Å². The highest BCUT2D eigenvalue weighted by atomic mass is 32.3. The Bertz CT molecular complexity index is 952. The molecule has 0 aliphatic heterocycles. The third kappa shape index (κ3) is 11.0. The van der Waals surface area contributed by atoms with Gasteiger partial charge in [0.25, 0.3) is 0 Å². The van der Waals surface area contributed by atoms with Gasteiger partial charge in [-0.1, -0.05) is 0 Å². The minimum absolute atomic E-state index is 0.0125. The number of rotatable bonds is 9. The molecule has 0 aromatic carbocycles. The van der Waals surface area contributed by atoms with Gasteiger partial charge in [-0.2, -0.15) is 8.42 Å². The van der Waals surface area contributed by atoms with Crippen molar-refractivity contribution in [3.8, 4) is 17.3 Å². The molecule has 0 atom stereocenters. The van der Waals surface area contributed by atoms with Crippen molar-refractivity contribution in [2.45, 2.75) is 6.92 Å². The minimum atomic E-state index is -4.67. The molecule has 2 aromatic rings. The van der Waals surface area contributed by atoms with Gasteiger partial charge in [0.15, 0.2) is 17.3 Å². The van der Waals surface area contributed by atoms with Crippen LogP contribution in [0.4, 0.5) is 5.88 Å². The summed E-state index contributed by atoms with van der Waals surface area (Å²) < 4.78 is 42.2. The molecule has 0 aliphatic carbocycles. The molecule has 0 saturated heterocycles. The Kier molecular flexibility index (Phi) is 9.94. The number of likely N-dealkylation sites (N-methyl/N-ethyl adjacent to an activating group) is 1. The van der Waals surface area contributed by atoms with Crippen LogP contribution in [0.1, 0.15) is 6.92 Å². The summed E-state index contributed by atoms with van der Waals surface area (Å²) >= 11 is 0. The number of hydrogen-bond donors (Lipinski definition) is 2. The van der Waals surface area contributed by atoms with Crippen molar-refractivity contribution in [1.29, 1.82) is 0 Å². The molecule has 0 saturated carbocycles. The zero-order chi connectivity index (χ0) is 23.6. The molecule has 0 spiro atoms. The van der Waals surface area contributed by atoms with Crippen molar-refractivity contribution in [1.82, 2.24) is 19.8 Å². The maximum absolute atomic E-state index is 11.6. The van der Waals surface area contributed by atoms with E-state index in [9.17, 15) is 14.9 Å². The third-order valence-corrected chi connectivity index (χ3v) is 3.51. The van der Waals surface area contributed by atoms with Gasteiger partial charge in [-0.05, 0) is 20.2 Å². The van der Waals surface area contributed by atoms with Gasteiger partial charge in [-0.3, -0.25) is 24.0 Å². The summed E-state index contributed by atoms with van der Waals surface area (Å²) in [4.78, 5) is 33.5. The average Bonchev–Trinajstić information content (AvgIpc) is 3.13. The SMILES string of the molecule is CC(=O)N(CCOc1cnc(-c2ccc([N+](=O)[O-])o2)nc1)CCN(C)C.O=S(=O)(O)O. The molecule has 2 N–H and O–H groups in total. The van der Waals surface area contributed by atoms with Gasteiger partial charge >= 0.3 is 16.3 Å². The fraction of sp³-hybridized carbons (Fsp3) is 0.438. The number of furan rings is 1. The van der Waals surface area contributed by atoms with E-state index in [4.69, 9.17) is 26.7 Å². The molecule has 0 fully saturated rings. The van der Waals surface area contributed by atoms with Crippen molar-refractivity contribution in [2.75, 3.05) is 40.3 Å². The van der Waals surface area contributed by atoms with Crippen LogP contribution in [-0.2, 0) is 15.2 Å². The number of amides is 1. The van der Waals surface area contributed by atoms with Gasteiger partial charge in [0.1, 0.15) is 11.5 Å². The number of nitrogens with zero attached hydrogens (tertiary/aromatic N) is 5. The minimum Gasteiger partial charge on any atom is -0.489 e. The number of aromatic nitrogens is 2. The first-order valence-electron chi connectivity index (χ1n) is 8.66. The van der Waals surface area contributed by atoms with Gasteiger partial charge in [0.05, 0.1) is 25.0 Å². The second-order valence-electron chi connectivity index (χ2n) is 6.24. The first-order chi connectivity index (χ1) is 14.4. The van der Waals surface area contributed by atoms with E-state index < -0.39 is 15.3 Å². The Hall–Kier alpha value is -3.14. The Balaban J connectivity index is 0.000000861. The zero-order valence-electron chi connectivity index (χ0n) is 17.0. The first kappa shape index (κ1) is 25.9. The maximum atomic E-state index is 11.6. The van der Waals surface area contributed by atoms with E-state index in [1.54, 1.807) is 4.90 Å². The van der Waals surface area contributed by atoms with Crippen molar-refractivity contribution in [2.24, 2.45) is 0 Å². The van der Waals surface area contributed by atoms with Gasteiger partial charge in [0.2, 0.25) is 5.91 Å². The van der Waals surface area contributed by atoms with Crippen LogP contribution in [0.3, 0.4) is 0 Å². The molecule has 172 valence electrons. The van der Waals surface area contributed by atoms with Crippen LogP contribution in [0.15, 0.2) is 28.9 Å². The normalized spacial score (nSPS) is 10.9. The lowest BCUT2D eigenvalue weighted by Crippen LogP contribution is -2.37. The highest BCUT2D eigenvalue weighted by molar-refractivity contribution is 7.79. The molecular weight excluding hydrogens is 438 g/mol. The van der Waals surface area contributed by atoms with E-state index in [1.165, 1.54) is 31.5 Å². The van der Waals surface area contributed by atoms with Crippen LogP contribution in [0.2, 0.25) is 0 Å². The van der Waals surface area contributed by atoms with Gasteiger partial charge < -0.3 is 19.0 Å². The molecule has 0 bridgehead atoms. The highest BCUT2D eigenvalue weighted by Gasteiger charge is 2.15. The van der Waals surface area contributed by atoms with Crippen molar-refractivity contribution >= 4 is 22.2 Å². The summed E-state index contributed by atoms with van der Waals surface area (Å²) in [7, 11) is -0.775. The van der Waals surface area contributed by atoms with Crippen molar-refractivity contribution in [3.63, 3.8) is 0 Å². The Morgan fingerprint density at radius 2 is 1.77 bits per heavy atom. The van der Waals surface area contributed by atoms with E-state index in [2.05, 4.69) is 9.97 Å². The van der Waals surface area contributed by atoms with Crippen LogP contribution < -0.4 is 4.74 Å². The molecule has 0 unspecified atom stereocenters. The molecule has 0 radical (unpaired) electrons. The largest absolute Gasteiger partial charge is 0.489 e. The van der Waals surface area contributed by atoms with Crippen LogP contribution in [-0.4, -0.2) is 88.5 Å². The predicted molar refractivity (Wildman–Crippen MR) is 107 cm³/mol. The Morgan fingerprint density at radius 3 is 2.23 bits per heavy atom. The molecule has 15 heteroatoms. The lowest BCUT2D eigenvalue weighted by Gasteiger charge is -2.22. The quantitative estimate of drug-likeness (QED) is 0.303. The molecule has 0 aliphatic rings. The van der Waals surface area contributed by atoms with E-state index in [0.29, 0.717) is 25.4 Å². The van der Waals surface area contributed by atoms with Crippen LogP contribution in [0, 0.1) is 10.1 Å². The van der Waals surface area contributed by atoms with Gasteiger partial charge in [-0.15, -0.1) is 0 Å². The highest BCUT2D eigenvalue weighted by Crippen LogP contribution is 2.23. The summed E-state index contributed by atoms with van der Waals surface area (Å²) in [6, 6.07) is 2.68. The zero-order valence-corrected chi connectivity index (χ0v) is 17.9. The molecule has 14 nitrogen and oxygen atoms in total. The van der Waals surface area contributed by atoms with E-state index in [0.717, 1.165) is 6.54 Å². The Morgan fingerprint density at radius 1 is 1.19 bits per heavy atom. The number of carbonyl (C=O) groups is 1. The summed E-state index contributed by atoms with van der Waals surface area (Å²) in [5.41, 5.74) is 0. The maximum Gasteiger partial charge on any atom is 0.433 e. The van der Waals surface area contributed by atoms with Crippen molar-refractivity contribution in [3.05, 3.63) is 34.6 Å². The lowest BCUT2D eigenvalue weighted by molar-refractivity contribution is -0.401. The van der Waals surface area contributed by atoms with Gasteiger partial charge in [-0.25, -0.2) is 9.97 Å². The van der Waals surface area contributed by atoms with Crippen LogP contribution in [0.25, 0.3) is 11.6 Å². The average molecular weight is 461 g/mol. The smallest absolute Gasteiger partial charge is 0.433 e. The first-order valence-corrected chi connectivity index (χ1v) is 10.1. The number of carbonyl (C=O) groups excluding carboxylic acids is 1. The van der Waals surface area contributed by atoms with E-state index >= 15 is 0 Å². The second kappa shape index (κ2) is 11.9. The predicted octanol–water partition coefficient (Wildman–Crippen LogP) is 0.781. The van der Waals surface area contributed by atoms with Crippen LogP contribution >= 0.6 is 0 Å². The lowest BCUT2D eigenvalue weighted by atomic mass is 10.4. The molecule has 2 aromatic heterocycles. The topological polar surface area (TPSA) is 189 Å². The number of nitro groups is 1. The monoisotopic (exact) mass is 461 g/mol. The third-order valence-electron chi connectivity index (χ3n) is 3.51. The molecule has 2 rings (SSSR count). The molecule has 1 amide bonds. The second-order valence-corrected chi connectivity index (χ2v) is 7.14. The fourth-order valence-corrected chi connectivity index (χ4v) is 2.09. The van der Waals surface area contributed by atoms with E-state index in [-0.39, 0.29) is 23.4 Å². The molecule has 31 heavy (non-hydrogen) atoms. The fourth-order valence-electron chi connectivity index (χ4n) is 2.09. The summed E-state index contributed by atoms with van der Waals surface area (Å²) in [6.45, 7) is 3.68. The molecular formula is C16H23N5O9S. The van der Waals surface area contributed by atoms with Crippen molar-refractivity contribution < 1.29 is 36.4 Å². The molecule has 2 heterocycles. The summed E-state index contributed by atoms with van der Waals surface area (Å²) in [5.74, 6) is 0.481. The standard InChI is InChI=1S/C16H21N5O5.H2O4S/c1-12(22)20(7-6-19(2)3)8-9-25-13-10-17-16(18-11-13)14-4-5-15(26-14)21(23)24;1-5(2,3)4/h4-5,10-11H,6-9H2,1-3H3;(H2,1,2,3,4). The Labute approximate surface area is 178 Å². The van der Waals surface area contributed by atoms with Crippen LogP contribution in [0.5, 0.6) is 5.75 Å². The summed E-state index contributed by atoms with van der Waals surface area (Å²) in [5, 5.41) is 10.6. The van der Waals surface area contributed by atoms with E-state index in [1.807, 2.05) is 19.0 Å².